The molecular weight excluding hydrogens is 268 g/mol. The summed E-state index contributed by atoms with van der Waals surface area (Å²) in [6.45, 7) is 2.75. The van der Waals surface area contributed by atoms with Crippen LogP contribution in [0.15, 0.2) is 36.4 Å². The molecule has 2 rings (SSSR count). The van der Waals surface area contributed by atoms with Crippen LogP contribution < -0.4 is 0 Å². The van der Waals surface area contributed by atoms with Crippen molar-refractivity contribution in [3.63, 3.8) is 0 Å². The zero-order valence-corrected chi connectivity index (χ0v) is 12.8. The maximum atomic E-state index is 11.9. The Kier molecular flexibility index (Phi) is 5.50. The normalized spacial score (nSPS) is 10.7. The zero-order valence-electron chi connectivity index (χ0n) is 12.0. The third-order valence-electron chi connectivity index (χ3n) is 3.22. The third-order valence-corrected chi connectivity index (χ3v) is 4.38. The summed E-state index contributed by atoms with van der Waals surface area (Å²) in [5.74, 6) is 0.248. The Morgan fingerprint density at radius 2 is 2.00 bits per heavy atom. The van der Waals surface area contributed by atoms with Crippen molar-refractivity contribution in [3.8, 4) is 10.4 Å². The minimum Gasteiger partial charge on any atom is -0.384 e. The highest BCUT2D eigenvalue weighted by atomic mass is 32.1. The molecule has 0 radical (unpaired) electrons. The molecule has 0 atom stereocenters. The van der Waals surface area contributed by atoms with E-state index in [0.29, 0.717) is 13.0 Å². The predicted molar refractivity (Wildman–Crippen MR) is 84.6 cm³/mol. The Labute approximate surface area is 124 Å². The van der Waals surface area contributed by atoms with Crippen LogP contribution in [0.2, 0.25) is 0 Å². The maximum Gasteiger partial charge on any atom is 0.172 e. The fourth-order valence-electron chi connectivity index (χ4n) is 2.17. The van der Waals surface area contributed by atoms with E-state index in [1.807, 2.05) is 25.1 Å². The molecular formula is C17H20O2S. The van der Waals surface area contributed by atoms with Crippen molar-refractivity contribution in [2.45, 2.75) is 26.2 Å². The van der Waals surface area contributed by atoms with Crippen molar-refractivity contribution >= 4 is 17.1 Å². The Morgan fingerprint density at radius 3 is 2.75 bits per heavy atom. The van der Waals surface area contributed by atoms with Crippen LogP contribution in [-0.2, 0) is 11.2 Å². The molecule has 3 heteroatoms. The lowest BCUT2D eigenvalue weighted by Crippen LogP contribution is -1.96. The predicted octanol–water partition coefficient (Wildman–Crippen LogP) is 4.59. The summed E-state index contributed by atoms with van der Waals surface area (Å²) in [6.07, 6.45) is 2.42. The van der Waals surface area contributed by atoms with E-state index in [4.69, 9.17) is 4.74 Å². The molecule has 106 valence electrons. The largest absolute Gasteiger partial charge is 0.384 e. The molecule has 2 aromatic rings. The van der Waals surface area contributed by atoms with Gasteiger partial charge in [-0.1, -0.05) is 31.2 Å². The molecule has 1 heterocycles. The molecule has 0 saturated heterocycles. The molecule has 0 amide bonds. The van der Waals surface area contributed by atoms with Gasteiger partial charge in [0.2, 0.25) is 0 Å². The smallest absolute Gasteiger partial charge is 0.172 e. The van der Waals surface area contributed by atoms with Gasteiger partial charge in [0.25, 0.3) is 0 Å². The van der Waals surface area contributed by atoms with Crippen molar-refractivity contribution in [2.24, 2.45) is 0 Å². The van der Waals surface area contributed by atoms with E-state index in [1.54, 1.807) is 18.4 Å². The van der Waals surface area contributed by atoms with Gasteiger partial charge < -0.3 is 4.74 Å². The first-order valence-corrected chi connectivity index (χ1v) is 7.78. The minimum atomic E-state index is 0.248. The Balaban J connectivity index is 2.25. The summed E-state index contributed by atoms with van der Waals surface area (Å²) in [7, 11) is 1.72. The lowest BCUT2D eigenvalue weighted by molar-refractivity contribution is 0.0985. The first kappa shape index (κ1) is 14.9. The van der Waals surface area contributed by atoms with E-state index in [-0.39, 0.29) is 5.78 Å². The van der Waals surface area contributed by atoms with Crippen LogP contribution >= 0.6 is 11.3 Å². The average Bonchev–Trinajstić information content (AvgIpc) is 2.95. The number of thiophene rings is 1. The molecule has 0 aliphatic carbocycles. The number of ketones is 1. The minimum absolute atomic E-state index is 0.248. The third kappa shape index (κ3) is 3.56. The van der Waals surface area contributed by atoms with Crippen LogP contribution in [0.1, 0.15) is 35.0 Å². The van der Waals surface area contributed by atoms with Gasteiger partial charge >= 0.3 is 0 Å². The number of methoxy groups -OCH3 is 1. The van der Waals surface area contributed by atoms with Gasteiger partial charge in [-0.25, -0.2) is 0 Å². The Hall–Kier alpha value is -1.45. The van der Waals surface area contributed by atoms with Crippen molar-refractivity contribution in [3.05, 3.63) is 46.8 Å². The van der Waals surface area contributed by atoms with Crippen LogP contribution in [0.25, 0.3) is 10.4 Å². The van der Waals surface area contributed by atoms with Crippen LogP contribution in [0.4, 0.5) is 0 Å². The Bertz CT molecular complexity index is 572. The molecule has 20 heavy (non-hydrogen) atoms. The van der Waals surface area contributed by atoms with Gasteiger partial charge in [0.15, 0.2) is 5.78 Å². The van der Waals surface area contributed by atoms with Crippen molar-refractivity contribution in [2.75, 3.05) is 13.7 Å². The number of Topliss-reactive ketones (excluding diaryl/α,β-unsaturated/α-hetero) is 1. The number of carbonyl (C=O) groups is 1. The molecule has 0 spiro atoms. The van der Waals surface area contributed by atoms with Crippen LogP contribution in [-0.4, -0.2) is 19.5 Å². The average molecular weight is 288 g/mol. The molecule has 0 fully saturated rings. The number of hydrogen-bond acceptors (Lipinski definition) is 3. The van der Waals surface area contributed by atoms with Gasteiger partial charge in [0.1, 0.15) is 0 Å². The zero-order chi connectivity index (χ0) is 14.4. The Morgan fingerprint density at radius 1 is 1.20 bits per heavy atom. The highest BCUT2D eigenvalue weighted by molar-refractivity contribution is 7.17. The monoisotopic (exact) mass is 288 g/mol. The molecule has 0 bridgehead atoms. The van der Waals surface area contributed by atoms with Crippen molar-refractivity contribution in [1.82, 2.24) is 0 Å². The van der Waals surface area contributed by atoms with E-state index in [2.05, 4.69) is 18.2 Å². The number of rotatable bonds is 7. The number of hydrogen-bond donors (Lipinski definition) is 0. The first-order valence-electron chi connectivity index (χ1n) is 6.96. The number of benzene rings is 1. The van der Waals surface area contributed by atoms with Gasteiger partial charge in [-0.15, -0.1) is 11.3 Å². The molecule has 1 aromatic carbocycles. The number of ether oxygens (including phenoxy) is 1. The topological polar surface area (TPSA) is 26.3 Å². The first-order chi connectivity index (χ1) is 9.76. The summed E-state index contributed by atoms with van der Waals surface area (Å²) in [6, 6.07) is 12.3. The van der Waals surface area contributed by atoms with Gasteiger partial charge in [-0.2, -0.15) is 0 Å². The molecule has 1 aromatic heterocycles. The lowest BCUT2D eigenvalue weighted by atomic mass is 10.0. The second-order valence-electron chi connectivity index (χ2n) is 4.74. The molecule has 0 saturated carbocycles. The molecule has 2 nitrogen and oxygen atoms in total. The van der Waals surface area contributed by atoms with E-state index in [9.17, 15) is 4.79 Å². The summed E-state index contributed by atoms with van der Waals surface area (Å²) in [4.78, 5) is 14.0. The van der Waals surface area contributed by atoms with Gasteiger partial charge in [0, 0.05) is 18.4 Å². The molecule has 0 unspecified atom stereocenters. The van der Waals surface area contributed by atoms with E-state index >= 15 is 0 Å². The van der Waals surface area contributed by atoms with Gasteiger partial charge in [-0.05, 0) is 36.1 Å². The SMILES string of the molecule is CCCC(=O)c1ccc(-c2ccccc2CCOC)s1. The standard InChI is InChI=1S/C17H20O2S/c1-3-6-15(18)17-10-9-16(20-17)14-8-5-4-7-13(14)11-12-19-2/h4-5,7-10H,3,6,11-12H2,1-2H3. The van der Waals surface area contributed by atoms with E-state index in [0.717, 1.165) is 22.6 Å². The van der Waals surface area contributed by atoms with E-state index in [1.165, 1.54) is 11.1 Å². The van der Waals surface area contributed by atoms with Crippen molar-refractivity contribution in [1.29, 1.82) is 0 Å². The summed E-state index contributed by atoms with van der Waals surface area (Å²) < 4.78 is 5.16. The van der Waals surface area contributed by atoms with Gasteiger partial charge in [-0.3, -0.25) is 4.79 Å². The molecule has 0 aliphatic rings. The van der Waals surface area contributed by atoms with Gasteiger partial charge in [0.05, 0.1) is 11.5 Å². The molecule has 0 aliphatic heterocycles. The quantitative estimate of drug-likeness (QED) is 0.697. The fourth-order valence-corrected chi connectivity index (χ4v) is 3.21. The number of carbonyl (C=O) groups excluding carboxylic acids is 1. The highest BCUT2D eigenvalue weighted by Gasteiger charge is 2.11. The van der Waals surface area contributed by atoms with Crippen molar-refractivity contribution < 1.29 is 9.53 Å². The second-order valence-corrected chi connectivity index (χ2v) is 5.82. The van der Waals surface area contributed by atoms with Crippen LogP contribution in [0.5, 0.6) is 0 Å². The fraction of sp³-hybridized carbons (Fsp3) is 0.353. The second kappa shape index (κ2) is 7.36. The summed E-state index contributed by atoms with van der Waals surface area (Å²) >= 11 is 1.59. The molecule has 0 N–H and O–H groups in total. The summed E-state index contributed by atoms with van der Waals surface area (Å²) in [5.41, 5.74) is 2.48. The highest BCUT2D eigenvalue weighted by Crippen LogP contribution is 2.31. The van der Waals surface area contributed by atoms with E-state index < -0.39 is 0 Å². The lowest BCUT2D eigenvalue weighted by Gasteiger charge is -2.07. The van der Waals surface area contributed by atoms with Crippen LogP contribution in [0.3, 0.4) is 0 Å². The maximum absolute atomic E-state index is 11.9. The van der Waals surface area contributed by atoms with Crippen LogP contribution in [0, 0.1) is 0 Å². The summed E-state index contributed by atoms with van der Waals surface area (Å²) in [5, 5.41) is 0.